The van der Waals surface area contributed by atoms with Gasteiger partial charge in [0.25, 0.3) is 0 Å². The van der Waals surface area contributed by atoms with E-state index in [9.17, 15) is 0 Å². The Kier molecular flexibility index (Phi) is 4.69. The van der Waals surface area contributed by atoms with E-state index in [1.165, 1.54) is 5.56 Å². The van der Waals surface area contributed by atoms with Crippen LogP contribution in [0.15, 0.2) is 38.0 Å². The molecule has 0 bridgehead atoms. The lowest BCUT2D eigenvalue weighted by Crippen LogP contribution is -2.30. The Bertz CT molecular complexity index is 487. The maximum atomic E-state index is 5.61. The molecule has 0 aliphatic heterocycles. The maximum absolute atomic E-state index is 5.61. The number of hydrogen-bond acceptors (Lipinski definition) is 4. The monoisotopic (exact) mass is 375 g/mol. The van der Waals surface area contributed by atoms with E-state index in [4.69, 9.17) is 5.84 Å². The van der Waals surface area contributed by atoms with Gasteiger partial charge in [0.05, 0.1) is 11.7 Å². The largest absolute Gasteiger partial charge is 0.271 e. The predicted molar refractivity (Wildman–Crippen MR) is 77.7 cm³/mol. The number of aromatic nitrogens is 1. The Hall–Kier alpha value is -0.270. The summed E-state index contributed by atoms with van der Waals surface area (Å²) in [6.07, 6.45) is 2.60. The molecule has 0 radical (unpaired) electrons. The minimum atomic E-state index is 0.00655. The first-order chi connectivity index (χ1) is 8.20. The number of hydrazine groups is 1. The van der Waals surface area contributed by atoms with Crippen LogP contribution in [0.1, 0.15) is 17.3 Å². The fourth-order valence-electron chi connectivity index (χ4n) is 1.56. The highest BCUT2D eigenvalue weighted by Crippen LogP contribution is 2.26. The summed E-state index contributed by atoms with van der Waals surface area (Å²) in [4.78, 5) is 4.40. The van der Waals surface area contributed by atoms with Gasteiger partial charge in [0.1, 0.15) is 0 Å². The first-order valence-corrected chi connectivity index (χ1v) is 7.51. The normalized spacial score (nSPS) is 12.6. The third kappa shape index (κ3) is 3.35. The molecule has 1 atom stereocenters. The summed E-state index contributed by atoms with van der Waals surface area (Å²) in [7, 11) is 0. The van der Waals surface area contributed by atoms with Crippen LogP contribution in [0.5, 0.6) is 0 Å². The fraction of sp³-hybridized carbons (Fsp3) is 0.182. The third-order valence-electron chi connectivity index (χ3n) is 2.39. The van der Waals surface area contributed by atoms with Gasteiger partial charge in [0.15, 0.2) is 0 Å². The van der Waals surface area contributed by atoms with E-state index in [0.29, 0.717) is 0 Å². The quantitative estimate of drug-likeness (QED) is 0.634. The van der Waals surface area contributed by atoms with E-state index < -0.39 is 0 Å². The second-order valence-electron chi connectivity index (χ2n) is 3.58. The molecule has 0 saturated heterocycles. The molecule has 2 rings (SSSR count). The second-order valence-corrected chi connectivity index (χ2v) is 6.13. The first-order valence-electron chi connectivity index (χ1n) is 4.99. The molecule has 90 valence electrons. The number of pyridine rings is 1. The van der Waals surface area contributed by atoms with Crippen molar-refractivity contribution in [2.75, 3.05) is 0 Å². The van der Waals surface area contributed by atoms with Crippen molar-refractivity contribution < 1.29 is 0 Å². The zero-order valence-corrected chi connectivity index (χ0v) is 12.8. The van der Waals surface area contributed by atoms with Crippen LogP contribution in [0.25, 0.3) is 0 Å². The molecule has 3 nitrogen and oxygen atoms in total. The van der Waals surface area contributed by atoms with E-state index >= 15 is 0 Å². The number of rotatable bonds is 4. The summed E-state index contributed by atoms with van der Waals surface area (Å²) in [5.74, 6) is 5.61. The highest BCUT2D eigenvalue weighted by Gasteiger charge is 2.15. The molecule has 3 N–H and O–H groups in total. The molecule has 2 heterocycles. The third-order valence-corrected chi connectivity index (χ3v) is 4.19. The van der Waals surface area contributed by atoms with Gasteiger partial charge < -0.3 is 0 Å². The van der Waals surface area contributed by atoms with Crippen LogP contribution in [0.4, 0.5) is 0 Å². The standard InChI is InChI=1S/C11H11Br2N3S/c12-8-4-9(13)11(15-5-8)10(16-14)3-7-1-2-17-6-7/h1-2,4-6,10,16H,3,14H2. The van der Waals surface area contributed by atoms with Gasteiger partial charge in [0, 0.05) is 15.1 Å². The van der Waals surface area contributed by atoms with Crippen molar-refractivity contribution in [1.29, 1.82) is 0 Å². The van der Waals surface area contributed by atoms with Crippen LogP contribution < -0.4 is 11.3 Å². The minimum Gasteiger partial charge on any atom is -0.271 e. The highest BCUT2D eigenvalue weighted by molar-refractivity contribution is 9.11. The lowest BCUT2D eigenvalue weighted by atomic mass is 10.1. The number of hydrogen-bond donors (Lipinski definition) is 2. The highest BCUT2D eigenvalue weighted by atomic mass is 79.9. The van der Waals surface area contributed by atoms with Gasteiger partial charge in [0.2, 0.25) is 0 Å². The summed E-state index contributed by atoms with van der Waals surface area (Å²) in [5.41, 5.74) is 4.99. The lowest BCUT2D eigenvalue weighted by molar-refractivity contribution is 0.536. The molecule has 0 aliphatic rings. The number of halogens is 2. The van der Waals surface area contributed by atoms with Crippen molar-refractivity contribution in [3.63, 3.8) is 0 Å². The topological polar surface area (TPSA) is 50.9 Å². The minimum absolute atomic E-state index is 0.00655. The summed E-state index contributed by atoms with van der Waals surface area (Å²) in [6.45, 7) is 0. The summed E-state index contributed by atoms with van der Waals surface area (Å²) in [6, 6.07) is 4.08. The molecular formula is C11H11Br2N3S. The van der Waals surface area contributed by atoms with Gasteiger partial charge in [-0.3, -0.25) is 16.3 Å². The van der Waals surface area contributed by atoms with Crippen molar-refractivity contribution in [2.24, 2.45) is 5.84 Å². The molecule has 0 fully saturated rings. The zero-order chi connectivity index (χ0) is 12.3. The molecule has 0 saturated carbocycles. The number of nitrogens with zero attached hydrogens (tertiary/aromatic N) is 1. The van der Waals surface area contributed by atoms with Crippen LogP contribution in [-0.4, -0.2) is 4.98 Å². The molecular weight excluding hydrogens is 366 g/mol. The average molecular weight is 377 g/mol. The van der Waals surface area contributed by atoms with Gasteiger partial charge in [-0.05, 0) is 66.7 Å². The molecule has 6 heteroatoms. The molecule has 0 aromatic carbocycles. The van der Waals surface area contributed by atoms with Crippen LogP contribution in [0.2, 0.25) is 0 Å². The SMILES string of the molecule is NNC(Cc1ccsc1)c1ncc(Br)cc1Br. The van der Waals surface area contributed by atoms with Crippen molar-refractivity contribution in [3.05, 3.63) is 49.3 Å². The van der Waals surface area contributed by atoms with Crippen molar-refractivity contribution in [3.8, 4) is 0 Å². The Balaban J connectivity index is 2.23. The lowest BCUT2D eigenvalue weighted by Gasteiger charge is -2.16. The second kappa shape index (κ2) is 6.06. The summed E-state index contributed by atoms with van der Waals surface area (Å²) < 4.78 is 1.89. The molecule has 1 unspecified atom stereocenters. The Labute approximate surface area is 121 Å². The van der Waals surface area contributed by atoms with E-state index in [-0.39, 0.29) is 6.04 Å². The number of nitrogens with two attached hydrogens (primary N) is 1. The molecule has 0 aliphatic carbocycles. The van der Waals surface area contributed by atoms with Crippen LogP contribution in [0, 0.1) is 0 Å². The van der Waals surface area contributed by atoms with E-state index in [1.54, 1.807) is 17.5 Å². The van der Waals surface area contributed by atoms with Crippen LogP contribution >= 0.6 is 43.2 Å². The maximum Gasteiger partial charge on any atom is 0.0732 e. The summed E-state index contributed by atoms with van der Waals surface area (Å²) in [5, 5.41) is 4.18. The number of thiophene rings is 1. The van der Waals surface area contributed by atoms with Gasteiger partial charge >= 0.3 is 0 Å². The van der Waals surface area contributed by atoms with Crippen molar-refractivity contribution >= 4 is 43.2 Å². The van der Waals surface area contributed by atoms with Gasteiger partial charge in [-0.1, -0.05) is 0 Å². The first kappa shape index (κ1) is 13.2. The smallest absolute Gasteiger partial charge is 0.0732 e. The van der Waals surface area contributed by atoms with Gasteiger partial charge in [-0.2, -0.15) is 11.3 Å². The van der Waals surface area contributed by atoms with Gasteiger partial charge in [-0.15, -0.1) is 0 Å². The van der Waals surface area contributed by atoms with E-state index in [2.05, 4.69) is 59.1 Å². The van der Waals surface area contributed by atoms with Crippen LogP contribution in [-0.2, 0) is 6.42 Å². The van der Waals surface area contributed by atoms with Gasteiger partial charge in [-0.25, -0.2) is 0 Å². The molecule has 17 heavy (non-hydrogen) atoms. The molecule has 0 amide bonds. The zero-order valence-electron chi connectivity index (χ0n) is 8.86. The molecule has 2 aromatic heterocycles. The Morgan fingerprint density at radius 2 is 2.29 bits per heavy atom. The van der Waals surface area contributed by atoms with E-state index in [0.717, 1.165) is 21.1 Å². The van der Waals surface area contributed by atoms with E-state index in [1.807, 2.05) is 6.07 Å². The predicted octanol–water partition coefficient (Wildman–Crippen LogP) is 3.42. The Morgan fingerprint density at radius 1 is 1.47 bits per heavy atom. The van der Waals surface area contributed by atoms with Crippen molar-refractivity contribution in [1.82, 2.24) is 10.4 Å². The van der Waals surface area contributed by atoms with Crippen LogP contribution in [0.3, 0.4) is 0 Å². The Morgan fingerprint density at radius 3 is 2.88 bits per heavy atom. The fourth-order valence-corrected chi connectivity index (χ4v) is 3.51. The van der Waals surface area contributed by atoms with Crippen molar-refractivity contribution in [2.45, 2.75) is 12.5 Å². The molecule has 2 aromatic rings. The average Bonchev–Trinajstić information content (AvgIpc) is 2.79. The number of nitrogens with one attached hydrogen (secondary N) is 1. The summed E-state index contributed by atoms with van der Waals surface area (Å²) >= 11 is 8.58. The molecule has 0 spiro atoms.